The molecule has 11 unspecified atom stereocenters. The van der Waals surface area contributed by atoms with Gasteiger partial charge in [-0.05, 0) is 61.5 Å². The zero-order valence-corrected chi connectivity index (χ0v) is 25.2. The summed E-state index contributed by atoms with van der Waals surface area (Å²) in [7, 11) is -2.44. The normalized spacial score (nSPS) is 46.1. The highest BCUT2D eigenvalue weighted by atomic mass is 32.2. The second kappa shape index (κ2) is 9.74. The third-order valence-corrected chi connectivity index (χ3v) is 13.2. The Kier molecular flexibility index (Phi) is 6.90. The van der Waals surface area contributed by atoms with Crippen LogP contribution in [0.25, 0.3) is 0 Å². The summed E-state index contributed by atoms with van der Waals surface area (Å²) in [4.78, 5) is 18.2. The fourth-order valence-electron chi connectivity index (χ4n) is 9.51. The highest BCUT2D eigenvalue weighted by Crippen LogP contribution is 2.68. The minimum atomic E-state index is -3.91. The molecular formula is C30H43N3O7S. The number of oxime groups is 1. The van der Waals surface area contributed by atoms with Gasteiger partial charge >= 0.3 is 0 Å². The summed E-state index contributed by atoms with van der Waals surface area (Å²) in [6, 6.07) is 7.56. The number of nitrogens with one attached hydrogen (secondary N) is 2. The van der Waals surface area contributed by atoms with E-state index in [9.17, 15) is 23.4 Å². The van der Waals surface area contributed by atoms with Gasteiger partial charge in [-0.15, -0.1) is 0 Å². The molecule has 3 aliphatic carbocycles. The van der Waals surface area contributed by atoms with Crippen LogP contribution < -0.4 is 10.0 Å². The van der Waals surface area contributed by atoms with Crippen LogP contribution in [0.4, 0.5) is 0 Å². The zero-order chi connectivity index (χ0) is 29.5. The van der Waals surface area contributed by atoms with Gasteiger partial charge in [0.05, 0.1) is 40.4 Å². The summed E-state index contributed by atoms with van der Waals surface area (Å²) in [5.41, 5.74) is -1.20. The molecule has 226 valence electrons. The Bertz CT molecular complexity index is 1340. The van der Waals surface area contributed by atoms with Gasteiger partial charge < -0.3 is 25.1 Å². The van der Waals surface area contributed by atoms with Crippen molar-refractivity contribution in [3.63, 3.8) is 0 Å². The van der Waals surface area contributed by atoms with Gasteiger partial charge in [0.15, 0.2) is 0 Å². The molecule has 5 fully saturated rings. The summed E-state index contributed by atoms with van der Waals surface area (Å²) < 4.78 is 37.6. The first kappa shape index (κ1) is 29.0. The van der Waals surface area contributed by atoms with Crippen molar-refractivity contribution in [3.8, 4) is 0 Å². The lowest BCUT2D eigenvalue weighted by Gasteiger charge is -2.70. The Morgan fingerprint density at radius 2 is 1.83 bits per heavy atom. The number of hydrogen-bond donors (Lipinski definition) is 4. The number of nitrogens with zero attached hydrogens (tertiary/aromatic N) is 1. The van der Waals surface area contributed by atoms with Gasteiger partial charge in [-0.3, -0.25) is 4.79 Å². The Hall–Kier alpha value is -2.05. The lowest BCUT2D eigenvalue weighted by atomic mass is 9.41. The highest BCUT2D eigenvalue weighted by Gasteiger charge is 2.72. The molecule has 0 aromatic heterocycles. The summed E-state index contributed by atoms with van der Waals surface area (Å²) in [5.74, 6) is -1.31. The Balaban J connectivity index is 1.48. The largest absolute Gasteiger partial charge is 0.399 e. The van der Waals surface area contributed by atoms with Crippen molar-refractivity contribution in [3.05, 3.63) is 30.3 Å². The highest BCUT2D eigenvalue weighted by molar-refractivity contribution is 7.89. The van der Waals surface area contributed by atoms with Crippen LogP contribution in [0.2, 0.25) is 0 Å². The SMILES string of the molecule is CON=C1C(NS(=O)(=O)c2ccccc2)CC23OC4C(CC2(C)C(C)CCC3C1(C)C)C(O)CC1C(=O)NC(O)C14. The molecule has 41 heavy (non-hydrogen) atoms. The molecular weight excluding hydrogens is 546 g/mol. The maximum atomic E-state index is 13.7. The first-order valence-corrected chi connectivity index (χ1v) is 16.3. The van der Waals surface area contributed by atoms with Crippen LogP contribution in [0.5, 0.6) is 0 Å². The third kappa shape index (κ3) is 4.13. The second-order valence-electron chi connectivity index (χ2n) is 13.8. The number of sulfonamides is 1. The van der Waals surface area contributed by atoms with Crippen molar-refractivity contribution < 1.29 is 33.0 Å². The number of fused-ring (bicyclic) bond motifs is 3. The molecule has 1 aromatic carbocycles. The van der Waals surface area contributed by atoms with E-state index < -0.39 is 62.8 Å². The zero-order valence-electron chi connectivity index (χ0n) is 24.4. The van der Waals surface area contributed by atoms with Crippen LogP contribution in [-0.2, 0) is 24.4 Å². The number of benzene rings is 1. The van der Waals surface area contributed by atoms with E-state index in [2.05, 4.69) is 42.9 Å². The minimum absolute atomic E-state index is 0.0387. The third-order valence-electron chi connectivity index (χ3n) is 11.7. The second-order valence-corrected chi connectivity index (χ2v) is 15.5. The molecule has 2 saturated heterocycles. The molecule has 10 nitrogen and oxygen atoms in total. The molecule has 0 radical (unpaired) electrons. The molecule has 5 aliphatic rings. The number of carbonyl (C=O) groups is 1. The summed E-state index contributed by atoms with van der Waals surface area (Å²) in [5, 5.41) is 29.4. The molecule has 0 bridgehead atoms. The molecule has 11 atom stereocenters. The van der Waals surface area contributed by atoms with E-state index in [4.69, 9.17) is 9.57 Å². The van der Waals surface area contributed by atoms with Crippen LogP contribution in [0, 0.1) is 40.4 Å². The Morgan fingerprint density at radius 3 is 2.51 bits per heavy atom. The predicted molar refractivity (Wildman–Crippen MR) is 151 cm³/mol. The maximum absolute atomic E-state index is 13.7. The fourth-order valence-corrected chi connectivity index (χ4v) is 10.7. The van der Waals surface area contributed by atoms with E-state index in [1.165, 1.54) is 7.11 Å². The molecule has 1 spiro atoms. The van der Waals surface area contributed by atoms with Crippen molar-refractivity contribution in [1.29, 1.82) is 0 Å². The summed E-state index contributed by atoms with van der Waals surface area (Å²) in [6.45, 7) is 8.62. The average Bonchev–Trinajstić information content (AvgIpc) is 3.19. The summed E-state index contributed by atoms with van der Waals surface area (Å²) >= 11 is 0. The standard InChI is InChI=1S/C30H43N3O7S/c1-16-11-12-22-28(2,3)25(32-39-5)20(33-41(37,38)17-9-7-6-8-10-17)15-30(22)29(16,4)14-19-21(34)13-18-23(24(19)40-30)27(36)31-26(18)35/h6-10,16,18-24,27,33-34,36H,11-15H2,1-5H3,(H,31,35). The molecule has 11 heteroatoms. The Morgan fingerprint density at radius 1 is 1.12 bits per heavy atom. The molecule has 2 heterocycles. The van der Waals surface area contributed by atoms with Crippen molar-refractivity contribution in [2.75, 3.05) is 7.11 Å². The monoisotopic (exact) mass is 589 g/mol. The predicted octanol–water partition coefficient (Wildman–Crippen LogP) is 2.41. The molecule has 3 saturated carbocycles. The lowest BCUT2D eigenvalue weighted by molar-refractivity contribution is -0.324. The number of rotatable bonds is 4. The first-order chi connectivity index (χ1) is 19.3. The number of aliphatic hydroxyl groups is 2. The van der Waals surface area contributed by atoms with Crippen molar-refractivity contribution >= 4 is 21.6 Å². The summed E-state index contributed by atoms with van der Waals surface area (Å²) in [6.07, 6.45) is 0.749. The van der Waals surface area contributed by atoms with Gasteiger partial charge in [-0.25, -0.2) is 13.1 Å². The van der Waals surface area contributed by atoms with Gasteiger partial charge in [0, 0.05) is 17.3 Å². The van der Waals surface area contributed by atoms with Crippen LogP contribution in [0.3, 0.4) is 0 Å². The molecule has 1 amide bonds. The quantitative estimate of drug-likeness (QED) is 0.395. The minimum Gasteiger partial charge on any atom is -0.399 e. The van der Waals surface area contributed by atoms with Crippen LogP contribution in [0.15, 0.2) is 40.4 Å². The van der Waals surface area contributed by atoms with E-state index in [0.29, 0.717) is 25.0 Å². The average molecular weight is 590 g/mol. The molecule has 1 aromatic rings. The topological polar surface area (TPSA) is 147 Å². The van der Waals surface area contributed by atoms with Crippen LogP contribution in [0.1, 0.15) is 59.8 Å². The molecule has 6 rings (SSSR count). The lowest BCUT2D eigenvalue weighted by Crippen LogP contribution is -2.75. The van der Waals surface area contributed by atoms with Crippen molar-refractivity contribution in [2.45, 2.75) is 94.8 Å². The number of carbonyl (C=O) groups excluding carboxylic acids is 1. The van der Waals surface area contributed by atoms with E-state index >= 15 is 0 Å². The van der Waals surface area contributed by atoms with E-state index in [-0.39, 0.29) is 28.6 Å². The molecule has 2 aliphatic heterocycles. The van der Waals surface area contributed by atoms with Gasteiger partial charge in [0.2, 0.25) is 15.9 Å². The van der Waals surface area contributed by atoms with E-state index in [0.717, 1.165) is 12.8 Å². The number of hydrogen-bond acceptors (Lipinski definition) is 8. The van der Waals surface area contributed by atoms with Gasteiger partial charge in [0.25, 0.3) is 0 Å². The number of aliphatic hydroxyl groups excluding tert-OH is 2. The van der Waals surface area contributed by atoms with Gasteiger partial charge in [-0.2, -0.15) is 0 Å². The van der Waals surface area contributed by atoms with Crippen molar-refractivity contribution in [2.24, 2.45) is 45.6 Å². The van der Waals surface area contributed by atoms with Gasteiger partial charge in [-0.1, -0.05) is 51.0 Å². The smallest absolute Gasteiger partial charge is 0.241 e. The van der Waals surface area contributed by atoms with Gasteiger partial charge in [0.1, 0.15) is 13.3 Å². The molecule has 4 N–H and O–H groups in total. The maximum Gasteiger partial charge on any atom is 0.241 e. The van der Waals surface area contributed by atoms with Crippen LogP contribution >= 0.6 is 0 Å². The van der Waals surface area contributed by atoms with E-state index in [1.54, 1.807) is 30.3 Å². The van der Waals surface area contributed by atoms with E-state index in [1.807, 2.05) is 0 Å². The van der Waals surface area contributed by atoms with Crippen LogP contribution in [-0.4, -0.2) is 67.4 Å². The first-order valence-electron chi connectivity index (χ1n) is 14.8. The number of amides is 1. The Labute approximate surface area is 242 Å². The fraction of sp³-hybridized carbons (Fsp3) is 0.733. The van der Waals surface area contributed by atoms with Crippen molar-refractivity contribution in [1.82, 2.24) is 10.0 Å². The number of ether oxygens (including phenoxy) is 1.